The Morgan fingerprint density at radius 3 is 2.25 bits per heavy atom. The molecule has 14 heteroatoms. The Labute approximate surface area is 138 Å². The van der Waals surface area contributed by atoms with Crippen LogP contribution in [0.4, 0.5) is 0 Å². The van der Waals surface area contributed by atoms with Crippen molar-refractivity contribution in [2.75, 3.05) is 13.1 Å². The van der Waals surface area contributed by atoms with Crippen molar-refractivity contribution in [3.8, 4) is 0 Å². The number of guanidine groups is 4. The molecule has 0 spiro atoms. The summed E-state index contributed by atoms with van der Waals surface area (Å²) in [5.41, 5.74) is 26.2. The SMILES string of the molecule is N=C(N)/N=C(\N)N(CCCCCCN=C(N)N=C(N)N)O[N+](=O)[O-]. The Morgan fingerprint density at radius 2 is 1.71 bits per heavy atom. The number of hydrogen-bond donors (Lipinski definition) is 6. The molecule has 0 unspecified atom stereocenters. The third-order valence-corrected chi connectivity index (χ3v) is 2.44. The molecule has 0 rings (SSSR count). The normalized spacial score (nSPS) is 11.7. The summed E-state index contributed by atoms with van der Waals surface area (Å²) in [5, 5.41) is 17.1. The highest BCUT2D eigenvalue weighted by atomic mass is 17.0. The molecule has 0 bridgehead atoms. The Kier molecular flexibility index (Phi) is 9.71. The summed E-state index contributed by atoms with van der Waals surface area (Å²) in [4.78, 5) is 25.6. The van der Waals surface area contributed by atoms with Gasteiger partial charge in [-0.05, 0) is 12.8 Å². The van der Waals surface area contributed by atoms with Crippen molar-refractivity contribution in [3.05, 3.63) is 10.1 Å². The number of aliphatic imine (C=N–C) groups is 3. The van der Waals surface area contributed by atoms with Gasteiger partial charge in [-0.3, -0.25) is 10.4 Å². The van der Waals surface area contributed by atoms with Crippen LogP contribution in [0.2, 0.25) is 0 Å². The molecule has 0 aliphatic rings. The molecular weight excluding hydrogens is 322 g/mol. The fraction of sp³-hybridized carbons (Fsp3) is 0.600. The zero-order valence-electron chi connectivity index (χ0n) is 13.1. The molecule has 0 aromatic heterocycles. The third-order valence-electron chi connectivity index (χ3n) is 2.44. The molecule has 0 aliphatic heterocycles. The first-order valence-corrected chi connectivity index (χ1v) is 6.90. The highest BCUT2D eigenvalue weighted by molar-refractivity contribution is 5.92. The maximum atomic E-state index is 10.4. The van der Waals surface area contributed by atoms with Crippen LogP contribution >= 0.6 is 0 Å². The topological polar surface area (TPSA) is 247 Å². The fourth-order valence-electron chi connectivity index (χ4n) is 1.54. The standard InChI is InChI=1S/C10H23N11O3/c11-7(12)18-9(15)17-5-3-1-2-4-6-20(24-21(22)23)10(16)19-8(13)14/h1-6H2,(H5,13,14,16,19)(H6,11,12,15,17,18). The van der Waals surface area contributed by atoms with Gasteiger partial charge in [0.25, 0.3) is 0 Å². The predicted molar refractivity (Wildman–Crippen MR) is 89.1 cm³/mol. The predicted octanol–water partition coefficient (Wildman–Crippen LogP) is -2.23. The van der Waals surface area contributed by atoms with E-state index in [4.69, 9.17) is 34.1 Å². The minimum absolute atomic E-state index is 0.00813. The first-order chi connectivity index (χ1) is 11.2. The second kappa shape index (κ2) is 11.3. The van der Waals surface area contributed by atoms with Gasteiger partial charge in [0.15, 0.2) is 5.96 Å². The van der Waals surface area contributed by atoms with E-state index in [1.54, 1.807) is 0 Å². The number of nitrogens with zero attached hydrogens (tertiary/aromatic N) is 5. The molecule has 0 aromatic rings. The zero-order valence-corrected chi connectivity index (χ0v) is 13.1. The summed E-state index contributed by atoms with van der Waals surface area (Å²) in [6, 6.07) is 0. The lowest BCUT2D eigenvalue weighted by Crippen LogP contribution is -2.40. The van der Waals surface area contributed by atoms with E-state index in [-0.39, 0.29) is 24.4 Å². The van der Waals surface area contributed by atoms with Gasteiger partial charge in [0.2, 0.25) is 17.9 Å². The minimum Gasteiger partial charge on any atom is -0.370 e. The van der Waals surface area contributed by atoms with Gasteiger partial charge >= 0.3 is 5.09 Å². The van der Waals surface area contributed by atoms with E-state index in [2.05, 4.69) is 19.9 Å². The van der Waals surface area contributed by atoms with E-state index in [1.165, 1.54) is 0 Å². The van der Waals surface area contributed by atoms with E-state index in [9.17, 15) is 10.1 Å². The number of hydroxylamine groups is 2. The monoisotopic (exact) mass is 345 g/mol. The Hall–Kier alpha value is -3.32. The molecule has 0 atom stereocenters. The number of rotatable bonds is 9. The lowest BCUT2D eigenvalue weighted by atomic mass is 10.2. The molecule has 0 amide bonds. The van der Waals surface area contributed by atoms with Gasteiger partial charge in [-0.2, -0.15) is 20.0 Å². The number of nitrogens with two attached hydrogens (primary N) is 5. The molecule has 0 radical (unpaired) electrons. The Balaban J connectivity index is 4.15. The smallest absolute Gasteiger partial charge is 0.317 e. The van der Waals surface area contributed by atoms with Gasteiger partial charge < -0.3 is 28.7 Å². The fourth-order valence-corrected chi connectivity index (χ4v) is 1.54. The molecule has 11 N–H and O–H groups in total. The van der Waals surface area contributed by atoms with Crippen LogP contribution in [-0.2, 0) is 4.94 Å². The third kappa shape index (κ3) is 11.4. The lowest BCUT2D eigenvalue weighted by molar-refractivity contribution is -0.802. The van der Waals surface area contributed by atoms with Crippen LogP contribution in [0.25, 0.3) is 0 Å². The summed E-state index contributed by atoms with van der Waals surface area (Å²) in [5.74, 6) is -1.10. The van der Waals surface area contributed by atoms with Crippen LogP contribution in [0, 0.1) is 15.5 Å². The van der Waals surface area contributed by atoms with Gasteiger partial charge in [0.05, 0.1) is 0 Å². The summed E-state index contributed by atoms with van der Waals surface area (Å²) >= 11 is 0. The molecule has 0 aromatic carbocycles. The molecule has 0 fully saturated rings. The first-order valence-electron chi connectivity index (χ1n) is 6.90. The van der Waals surface area contributed by atoms with Crippen LogP contribution in [0.15, 0.2) is 15.0 Å². The molecule has 14 nitrogen and oxygen atoms in total. The maximum Gasteiger partial charge on any atom is 0.317 e. The van der Waals surface area contributed by atoms with Crippen molar-refractivity contribution < 1.29 is 10.0 Å². The summed E-state index contributed by atoms with van der Waals surface area (Å²) in [7, 11) is 0. The molecule has 24 heavy (non-hydrogen) atoms. The van der Waals surface area contributed by atoms with E-state index in [1.807, 2.05) is 0 Å². The van der Waals surface area contributed by atoms with Gasteiger partial charge in [-0.15, -0.1) is 10.1 Å². The largest absolute Gasteiger partial charge is 0.370 e. The molecule has 0 saturated carbocycles. The number of unbranched alkanes of at least 4 members (excludes halogenated alkanes) is 3. The highest BCUT2D eigenvalue weighted by Crippen LogP contribution is 2.03. The molecular formula is C10H23N11O3. The summed E-state index contributed by atoms with van der Waals surface area (Å²) < 4.78 is 0. The van der Waals surface area contributed by atoms with Crippen LogP contribution in [0.1, 0.15) is 25.7 Å². The average Bonchev–Trinajstić information content (AvgIpc) is 2.42. The average molecular weight is 345 g/mol. The van der Waals surface area contributed by atoms with Crippen molar-refractivity contribution in [1.29, 1.82) is 5.41 Å². The van der Waals surface area contributed by atoms with Crippen LogP contribution < -0.4 is 28.7 Å². The van der Waals surface area contributed by atoms with Gasteiger partial charge in [-0.25, -0.2) is 0 Å². The minimum atomic E-state index is -1.02. The number of nitrogens with one attached hydrogen (secondary N) is 1. The summed E-state index contributed by atoms with van der Waals surface area (Å²) in [6.07, 6.45) is 2.78. The molecule has 0 saturated heterocycles. The van der Waals surface area contributed by atoms with Crippen molar-refractivity contribution >= 4 is 23.8 Å². The van der Waals surface area contributed by atoms with E-state index < -0.39 is 11.0 Å². The van der Waals surface area contributed by atoms with E-state index in [0.717, 1.165) is 24.3 Å². The maximum absolute atomic E-state index is 10.4. The van der Waals surface area contributed by atoms with Crippen LogP contribution in [0.3, 0.4) is 0 Å². The van der Waals surface area contributed by atoms with Gasteiger partial charge in [0.1, 0.15) is 0 Å². The Morgan fingerprint density at radius 1 is 1.08 bits per heavy atom. The molecule has 0 heterocycles. The quantitative estimate of drug-likeness (QED) is 0.0867. The van der Waals surface area contributed by atoms with Gasteiger partial charge in [-0.1, -0.05) is 12.8 Å². The van der Waals surface area contributed by atoms with E-state index in [0.29, 0.717) is 13.0 Å². The second-order valence-electron chi connectivity index (χ2n) is 4.45. The van der Waals surface area contributed by atoms with Crippen molar-refractivity contribution in [2.45, 2.75) is 25.7 Å². The van der Waals surface area contributed by atoms with Gasteiger partial charge in [0, 0.05) is 13.1 Å². The van der Waals surface area contributed by atoms with E-state index >= 15 is 0 Å². The lowest BCUT2D eigenvalue weighted by Gasteiger charge is -2.19. The zero-order chi connectivity index (χ0) is 18.5. The number of hydrogen-bond acceptors (Lipinski definition) is 5. The first kappa shape index (κ1) is 20.7. The van der Waals surface area contributed by atoms with Crippen LogP contribution in [0.5, 0.6) is 0 Å². The Bertz CT molecular complexity index is 512. The van der Waals surface area contributed by atoms with Crippen LogP contribution in [-0.4, -0.2) is 47.1 Å². The van der Waals surface area contributed by atoms with Crippen molar-refractivity contribution in [2.24, 2.45) is 43.6 Å². The second-order valence-corrected chi connectivity index (χ2v) is 4.45. The molecule has 0 aliphatic carbocycles. The molecule has 136 valence electrons. The highest BCUT2D eigenvalue weighted by Gasteiger charge is 2.12. The van der Waals surface area contributed by atoms with Crippen molar-refractivity contribution in [1.82, 2.24) is 5.06 Å². The summed E-state index contributed by atoms with van der Waals surface area (Å²) in [6.45, 7) is 0.564. The van der Waals surface area contributed by atoms with Crippen molar-refractivity contribution in [3.63, 3.8) is 0 Å².